The van der Waals surface area contributed by atoms with Gasteiger partial charge in [0.15, 0.2) is 11.2 Å². The molecule has 3 rings (SSSR count). The zero-order valence-corrected chi connectivity index (χ0v) is 12.2. The topological polar surface area (TPSA) is 61.8 Å². The second kappa shape index (κ2) is 4.73. The summed E-state index contributed by atoms with van der Waals surface area (Å²) in [6.45, 7) is 0. The van der Waals surface area contributed by atoms with Crippen molar-refractivity contribution in [3.8, 4) is 0 Å². The highest BCUT2D eigenvalue weighted by molar-refractivity contribution is 5.71. The summed E-state index contributed by atoms with van der Waals surface area (Å²) in [4.78, 5) is 28.7. The van der Waals surface area contributed by atoms with E-state index in [1.165, 1.54) is 11.6 Å². The molecule has 0 radical (unpaired) electrons. The van der Waals surface area contributed by atoms with Gasteiger partial charge in [-0.1, -0.05) is 30.3 Å². The number of benzene rings is 1. The molecule has 0 amide bonds. The van der Waals surface area contributed by atoms with E-state index in [0.29, 0.717) is 17.6 Å². The Labute approximate surface area is 120 Å². The van der Waals surface area contributed by atoms with E-state index in [4.69, 9.17) is 0 Å². The highest BCUT2D eigenvalue weighted by atomic mass is 16.2. The standard InChI is InChI=1S/C15H16N4O2/c1-17-11(9-10-7-5-4-6-8-10)16-13-12(17)14(20)19(3)15(21)18(13)2/h4-8H,9H2,1-3H3. The van der Waals surface area contributed by atoms with Crippen LogP contribution < -0.4 is 11.2 Å². The lowest BCUT2D eigenvalue weighted by atomic mass is 10.1. The van der Waals surface area contributed by atoms with Gasteiger partial charge in [0.2, 0.25) is 0 Å². The van der Waals surface area contributed by atoms with Crippen LogP contribution in [0, 0.1) is 0 Å². The normalized spacial score (nSPS) is 11.2. The lowest BCUT2D eigenvalue weighted by molar-refractivity contribution is 0.705. The first-order valence-electron chi connectivity index (χ1n) is 6.66. The molecular weight excluding hydrogens is 268 g/mol. The summed E-state index contributed by atoms with van der Waals surface area (Å²) >= 11 is 0. The molecule has 1 aromatic carbocycles. The van der Waals surface area contributed by atoms with Gasteiger partial charge in [-0.2, -0.15) is 0 Å². The second-order valence-corrected chi connectivity index (χ2v) is 5.13. The van der Waals surface area contributed by atoms with Gasteiger partial charge in [0.1, 0.15) is 5.82 Å². The van der Waals surface area contributed by atoms with Crippen molar-refractivity contribution in [3.63, 3.8) is 0 Å². The zero-order chi connectivity index (χ0) is 15.1. The van der Waals surface area contributed by atoms with E-state index < -0.39 is 0 Å². The van der Waals surface area contributed by atoms with Crippen LogP contribution in [-0.2, 0) is 27.6 Å². The van der Waals surface area contributed by atoms with Crippen LogP contribution in [0.2, 0.25) is 0 Å². The summed E-state index contributed by atoms with van der Waals surface area (Å²) in [5.41, 5.74) is 1.30. The molecule has 3 aromatic rings. The number of fused-ring (bicyclic) bond motifs is 1. The summed E-state index contributed by atoms with van der Waals surface area (Å²) in [6, 6.07) is 9.91. The molecule has 21 heavy (non-hydrogen) atoms. The first kappa shape index (κ1) is 13.4. The van der Waals surface area contributed by atoms with Gasteiger partial charge < -0.3 is 4.57 Å². The maximum atomic E-state index is 12.3. The molecule has 2 heterocycles. The van der Waals surface area contributed by atoms with Crippen molar-refractivity contribution in [2.24, 2.45) is 21.1 Å². The van der Waals surface area contributed by atoms with E-state index in [-0.39, 0.29) is 11.2 Å². The van der Waals surface area contributed by atoms with Crippen LogP contribution in [0.15, 0.2) is 39.9 Å². The molecular formula is C15H16N4O2. The maximum absolute atomic E-state index is 12.3. The predicted molar refractivity (Wildman–Crippen MR) is 80.4 cm³/mol. The summed E-state index contributed by atoms with van der Waals surface area (Å²) in [5.74, 6) is 0.759. The molecule has 0 fully saturated rings. The lowest BCUT2D eigenvalue weighted by Gasteiger charge is -2.04. The lowest BCUT2D eigenvalue weighted by Crippen LogP contribution is -2.37. The number of hydrogen-bond donors (Lipinski definition) is 0. The quantitative estimate of drug-likeness (QED) is 0.691. The van der Waals surface area contributed by atoms with Gasteiger partial charge in [0.25, 0.3) is 5.56 Å². The van der Waals surface area contributed by atoms with Gasteiger partial charge in [0, 0.05) is 27.6 Å². The minimum absolute atomic E-state index is 0.317. The van der Waals surface area contributed by atoms with E-state index in [2.05, 4.69) is 4.98 Å². The highest BCUT2D eigenvalue weighted by Gasteiger charge is 2.16. The van der Waals surface area contributed by atoms with Crippen molar-refractivity contribution in [3.05, 3.63) is 62.6 Å². The van der Waals surface area contributed by atoms with Gasteiger partial charge in [-0.25, -0.2) is 9.78 Å². The van der Waals surface area contributed by atoms with Crippen LogP contribution in [0.4, 0.5) is 0 Å². The number of rotatable bonds is 2. The number of hydrogen-bond acceptors (Lipinski definition) is 3. The molecule has 108 valence electrons. The molecule has 0 atom stereocenters. The van der Waals surface area contributed by atoms with E-state index in [0.717, 1.165) is 16.0 Å². The summed E-state index contributed by atoms with van der Waals surface area (Å²) < 4.78 is 4.28. The van der Waals surface area contributed by atoms with Crippen molar-refractivity contribution in [2.75, 3.05) is 0 Å². The van der Waals surface area contributed by atoms with E-state index in [1.807, 2.05) is 30.3 Å². The molecule has 6 nitrogen and oxygen atoms in total. The summed E-state index contributed by atoms with van der Waals surface area (Å²) in [5, 5.41) is 0. The number of nitrogens with zero attached hydrogens (tertiary/aromatic N) is 4. The van der Waals surface area contributed by atoms with Crippen LogP contribution in [0.25, 0.3) is 11.2 Å². The maximum Gasteiger partial charge on any atom is 0.332 e. The Bertz CT molecular complexity index is 932. The fraction of sp³-hybridized carbons (Fsp3) is 0.267. The van der Waals surface area contributed by atoms with Crippen molar-refractivity contribution >= 4 is 11.2 Å². The molecule has 0 aliphatic rings. The van der Waals surface area contributed by atoms with Crippen LogP contribution in [0.1, 0.15) is 11.4 Å². The highest BCUT2D eigenvalue weighted by Crippen LogP contribution is 2.13. The molecule has 0 spiro atoms. The molecule has 0 unspecified atom stereocenters. The molecule has 0 N–H and O–H groups in total. The molecule has 0 saturated heterocycles. The Hall–Kier alpha value is -2.63. The molecule has 0 saturated carbocycles. The first-order chi connectivity index (χ1) is 10.0. The number of imidazole rings is 1. The van der Waals surface area contributed by atoms with Gasteiger partial charge >= 0.3 is 5.69 Å². The third kappa shape index (κ3) is 1.99. The van der Waals surface area contributed by atoms with Crippen LogP contribution in [0.5, 0.6) is 0 Å². The van der Waals surface area contributed by atoms with Gasteiger partial charge in [-0.15, -0.1) is 0 Å². The first-order valence-corrected chi connectivity index (χ1v) is 6.66. The van der Waals surface area contributed by atoms with Gasteiger partial charge in [0.05, 0.1) is 0 Å². The third-order valence-corrected chi connectivity index (χ3v) is 3.77. The second-order valence-electron chi connectivity index (χ2n) is 5.13. The minimum Gasteiger partial charge on any atom is -0.325 e. The minimum atomic E-state index is -0.364. The Morgan fingerprint density at radius 1 is 0.952 bits per heavy atom. The fourth-order valence-corrected chi connectivity index (χ4v) is 2.50. The van der Waals surface area contributed by atoms with E-state index in [9.17, 15) is 9.59 Å². The van der Waals surface area contributed by atoms with Gasteiger partial charge in [-0.3, -0.25) is 13.9 Å². The Morgan fingerprint density at radius 2 is 1.62 bits per heavy atom. The predicted octanol–water partition coefficient (Wildman–Crippen LogP) is 0.561. The Kier molecular flexibility index (Phi) is 3.01. The molecule has 0 bridgehead atoms. The molecule has 0 aliphatic carbocycles. The Morgan fingerprint density at radius 3 is 2.29 bits per heavy atom. The largest absolute Gasteiger partial charge is 0.332 e. The fourth-order valence-electron chi connectivity index (χ4n) is 2.50. The average Bonchev–Trinajstić information content (AvgIpc) is 2.81. The van der Waals surface area contributed by atoms with Crippen LogP contribution in [0.3, 0.4) is 0 Å². The number of aryl methyl sites for hydroxylation is 2. The third-order valence-electron chi connectivity index (χ3n) is 3.77. The van der Waals surface area contributed by atoms with Crippen molar-refractivity contribution < 1.29 is 0 Å². The molecule has 0 aliphatic heterocycles. The average molecular weight is 284 g/mol. The number of aromatic nitrogens is 4. The van der Waals surface area contributed by atoms with Crippen LogP contribution >= 0.6 is 0 Å². The summed E-state index contributed by atoms with van der Waals surface area (Å²) in [6.07, 6.45) is 0.614. The van der Waals surface area contributed by atoms with Crippen LogP contribution in [-0.4, -0.2) is 18.7 Å². The summed E-state index contributed by atoms with van der Waals surface area (Å²) in [7, 11) is 4.91. The van der Waals surface area contributed by atoms with Crippen molar-refractivity contribution in [1.29, 1.82) is 0 Å². The monoisotopic (exact) mass is 284 g/mol. The van der Waals surface area contributed by atoms with Crippen molar-refractivity contribution in [2.45, 2.75) is 6.42 Å². The van der Waals surface area contributed by atoms with Gasteiger partial charge in [-0.05, 0) is 5.56 Å². The smallest absolute Gasteiger partial charge is 0.325 e. The zero-order valence-electron chi connectivity index (χ0n) is 12.2. The molecule has 6 heteroatoms. The van der Waals surface area contributed by atoms with E-state index in [1.54, 1.807) is 18.7 Å². The van der Waals surface area contributed by atoms with Crippen molar-refractivity contribution in [1.82, 2.24) is 18.7 Å². The SMILES string of the molecule is Cn1c(=O)c2c(nc(Cc3ccccc3)n2C)n(C)c1=O. The van der Waals surface area contributed by atoms with E-state index >= 15 is 0 Å². The Balaban J connectivity index is 2.26. The molecule has 2 aromatic heterocycles.